The molecule has 0 aromatic heterocycles. The normalized spacial score (nSPS) is 17.7. The lowest BCUT2D eigenvalue weighted by Crippen LogP contribution is -2.38. The summed E-state index contributed by atoms with van der Waals surface area (Å²) >= 11 is 0. The molecule has 1 aliphatic heterocycles. The molecule has 0 saturated carbocycles. The van der Waals surface area contributed by atoms with Crippen molar-refractivity contribution in [2.45, 2.75) is 32.2 Å². The van der Waals surface area contributed by atoms with E-state index in [1.54, 1.807) is 0 Å². The molecule has 1 aromatic rings. The van der Waals surface area contributed by atoms with E-state index in [1.807, 2.05) is 6.92 Å². The Balaban J connectivity index is 1.93. The second-order valence-corrected chi connectivity index (χ2v) is 5.41. The summed E-state index contributed by atoms with van der Waals surface area (Å²) in [5, 5.41) is 11.9. The smallest absolute Gasteiger partial charge is 0.335 e. The minimum atomic E-state index is -1.11. The maximum Gasteiger partial charge on any atom is 0.335 e. The molecule has 110 valence electrons. The van der Waals surface area contributed by atoms with Crippen LogP contribution in [0.15, 0.2) is 18.2 Å². The van der Waals surface area contributed by atoms with Gasteiger partial charge in [0.1, 0.15) is 5.82 Å². The van der Waals surface area contributed by atoms with E-state index in [-0.39, 0.29) is 11.6 Å². The van der Waals surface area contributed by atoms with Crippen LogP contribution in [0.25, 0.3) is 0 Å². The van der Waals surface area contributed by atoms with E-state index in [0.29, 0.717) is 5.69 Å². The van der Waals surface area contributed by atoms with Crippen LogP contribution in [-0.4, -0.2) is 41.7 Å². The fourth-order valence-corrected chi connectivity index (χ4v) is 2.61. The Labute approximate surface area is 118 Å². The summed E-state index contributed by atoms with van der Waals surface area (Å²) in [6.07, 6.45) is 3.76. The number of hydrogen-bond donors (Lipinski definition) is 2. The zero-order valence-corrected chi connectivity index (χ0v) is 11.7. The SMILES string of the molecule is CC(CN1CCCCC1)Nc1ccc(C(=O)O)cc1F. The zero-order chi connectivity index (χ0) is 14.5. The van der Waals surface area contributed by atoms with Crippen LogP contribution < -0.4 is 5.32 Å². The van der Waals surface area contributed by atoms with E-state index in [1.165, 1.54) is 31.4 Å². The molecule has 20 heavy (non-hydrogen) atoms. The van der Waals surface area contributed by atoms with E-state index in [2.05, 4.69) is 10.2 Å². The molecule has 4 nitrogen and oxygen atoms in total. The van der Waals surface area contributed by atoms with Crippen LogP contribution in [0.2, 0.25) is 0 Å². The van der Waals surface area contributed by atoms with Gasteiger partial charge in [-0.15, -0.1) is 0 Å². The average molecular weight is 280 g/mol. The van der Waals surface area contributed by atoms with Gasteiger partial charge in [0, 0.05) is 12.6 Å². The van der Waals surface area contributed by atoms with Gasteiger partial charge in [-0.2, -0.15) is 0 Å². The van der Waals surface area contributed by atoms with Crippen molar-refractivity contribution >= 4 is 11.7 Å². The van der Waals surface area contributed by atoms with E-state index in [4.69, 9.17) is 5.11 Å². The van der Waals surface area contributed by atoms with Crippen molar-refractivity contribution in [2.75, 3.05) is 25.0 Å². The van der Waals surface area contributed by atoms with Gasteiger partial charge in [0.15, 0.2) is 0 Å². The number of benzene rings is 1. The van der Waals surface area contributed by atoms with Gasteiger partial charge in [0.2, 0.25) is 0 Å². The fraction of sp³-hybridized carbons (Fsp3) is 0.533. The monoisotopic (exact) mass is 280 g/mol. The Bertz CT molecular complexity index is 473. The number of anilines is 1. The predicted octanol–water partition coefficient (Wildman–Crippen LogP) is 2.81. The zero-order valence-electron chi connectivity index (χ0n) is 11.7. The number of nitrogens with zero attached hydrogens (tertiary/aromatic N) is 1. The van der Waals surface area contributed by atoms with Gasteiger partial charge >= 0.3 is 5.97 Å². The number of carboxylic acid groups (broad SMARTS) is 1. The van der Waals surface area contributed by atoms with Crippen LogP contribution in [-0.2, 0) is 0 Å². The van der Waals surface area contributed by atoms with Gasteiger partial charge in [-0.05, 0) is 51.1 Å². The maximum atomic E-state index is 13.8. The molecular weight excluding hydrogens is 259 g/mol. The highest BCUT2D eigenvalue weighted by Gasteiger charge is 2.15. The highest BCUT2D eigenvalue weighted by Crippen LogP contribution is 2.17. The summed E-state index contributed by atoms with van der Waals surface area (Å²) in [6, 6.07) is 4.09. The molecule has 1 saturated heterocycles. The standard InChI is InChI=1S/C15H21FN2O2/c1-11(10-18-7-3-2-4-8-18)17-14-6-5-12(15(19)20)9-13(14)16/h5-6,9,11,17H,2-4,7-8,10H2,1H3,(H,19,20). The molecule has 0 radical (unpaired) electrons. The first-order valence-electron chi connectivity index (χ1n) is 7.08. The van der Waals surface area contributed by atoms with Crippen LogP contribution in [0.5, 0.6) is 0 Å². The van der Waals surface area contributed by atoms with Gasteiger partial charge < -0.3 is 15.3 Å². The largest absolute Gasteiger partial charge is 0.478 e. The number of likely N-dealkylation sites (tertiary alicyclic amines) is 1. The number of hydrogen-bond acceptors (Lipinski definition) is 3. The number of carbonyl (C=O) groups is 1. The van der Waals surface area contributed by atoms with Crippen molar-refractivity contribution in [1.29, 1.82) is 0 Å². The molecule has 0 aliphatic carbocycles. The minimum absolute atomic E-state index is 0.0308. The maximum absolute atomic E-state index is 13.8. The summed E-state index contributed by atoms with van der Waals surface area (Å²) in [5.41, 5.74) is 0.330. The van der Waals surface area contributed by atoms with Crippen molar-refractivity contribution in [1.82, 2.24) is 4.90 Å². The van der Waals surface area contributed by atoms with Gasteiger partial charge in [-0.3, -0.25) is 0 Å². The summed E-state index contributed by atoms with van der Waals surface area (Å²) in [5.74, 6) is -1.63. The number of nitrogens with one attached hydrogen (secondary N) is 1. The lowest BCUT2D eigenvalue weighted by Gasteiger charge is -2.29. The molecule has 2 N–H and O–H groups in total. The minimum Gasteiger partial charge on any atom is -0.478 e. The van der Waals surface area contributed by atoms with Crippen LogP contribution in [0, 0.1) is 5.82 Å². The Morgan fingerprint density at radius 3 is 2.70 bits per heavy atom. The predicted molar refractivity (Wildman–Crippen MR) is 76.7 cm³/mol. The molecule has 1 aromatic carbocycles. The molecule has 2 rings (SSSR count). The molecule has 0 spiro atoms. The first kappa shape index (κ1) is 14.8. The molecule has 0 amide bonds. The highest BCUT2D eigenvalue weighted by atomic mass is 19.1. The molecule has 5 heteroatoms. The fourth-order valence-electron chi connectivity index (χ4n) is 2.61. The van der Waals surface area contributed by atoms with Crippen molar-refractivity contribution in [3.63, 3.8) is 0 Å². The summed E-state index contributed by atoms with van der Waals surface area (Å²) in [4.78, 5) is 13.1. The topological polar surface area (TPSA) is 52.6 Å². The van der Waals surface area contributed by atoms with Crippen LogP contribution in [0.4, 0.5) is 10.1 Å². The first-order chi connectivity index (χ1) is 9.56. The van der Waals surface area contributed by atoms with Crippen LogP contribution in [0.1, 0.15) is 36.5 Å². The Morgan fingerprint density at radius 2 is 2.10 bits per heavy atom. The first-order valence-corrected chi connectivity index (χ1v) is 7.08. The third-order valence-electron chi connectivity index (χ3n) is 3.60. The van der Waals surface area contributed by atoms with Gasteiger partial charge in [-0.25, -0.2) is 9.18 Å². The lowest BCUT2D eigenvalue weighted by molar-refractivity contribution is 0.0696. The van der Waals surface area contributed by atoms with Gasteiger partial charge in [0.25, 0.3) is 0 Å². The van der Waals surface area contributed by atoms with Crippen molar-refractivity contribution < 1.29 is 14.3 Å². The quantitative estimate of drug-likeness (QED) is 0.871. The van der Waals surface area contributed by atoms with Crippen molar-refractivity contribution in [3.05, 3.63) is 29.6 Å². The number of carboxylic acids is 1. The number of aromatic carboxylic acids is 1. The van der Waals surface area contributed by atoms with E-state index in [0.717, 1.165) is 25.7 Å². The molecule has 1 fully saturated rings. The molecule has 1 unspecified atom stereocenters. The highest BCUT2D eigenvalue weighted by molar-refractivity contribution is 5.88. The second kappa shape index (κ2) is 6.70. The average Bonchev–Trinajstić information content (AvgIpc) is 2.42. The number of rotatable bonds is 5. The second-order valence-electron chi connectivity index (χ2n) is 5.41. The van der Waals surface area contributed by atoms with E-state index in [9.17, 15) is 9.18 Å². The molecular formula is C15H21FN2O2. The molecule has 1 atom stereocenters. The Kier molecular flexibility index (Phi) is 4.95. The Morgan fingerprint density at radius 1 is 1.40 bits per heavy atom. The lowest BCUT2D eigenvalue weighted by atomic mass is 10.1. The van der Waals surface area contributed by atoms with Crippen LogP contribution >= 0.6 is 0 Å². The van der Waals surface area contributed by atoms with E-state index >= 15 is 0 Å². The third kappa shape index (κ3) is 3.93. The number of piperidine rings is 1. The summed E-state index contributed by atoms with van der Waals surface area (Å²) in [7, 11) is 0. The Hall–Kier alpha value is -1.62. The van der Waals surface area contributed by atoms with Gasteiger partial charge in [-0.1, -0.05) is 6.42 Å². The molecule has 1 heterocycles. The third-order valence-corrected chi connectivity index (χ3v) is 3.60. The summed E-state index contributed by atoms with van der Waals surface area (Å²) < 4.78 is 13.8. The molecule has 0 bridgehead atoms. The summed E-state index contributed by atoms with van der Waals surface area (Å²) in [6.45, 7) is 5.10. The van der Waals surface area contributed by atoms with Crippen molar-refractivity contribution in [3.8, 4) is 0 Å². The van der Waals surface area contributed by atoms with Crippen LogP contribution in [0.3, 0.4) is 0 Å². The molecule has 1 aliphatic rings. The van der Waals surface area contributed by atoms with Crippen molar-refractivity contribution in [2.24, 2.45) is 0 Å². The van der Waals surface area contributed by atoms with E-state index < -0.39 is 11.8 Å². The van der Waals surface area contributed by atoms with Gasteiger partial charge in [0.05, 0.1) is 11.3 Å². The number of halogens is 1.